The molecule has 1 fully saturated rings. The Labute approximate surface area is 157 Å². The van der Waals surface area contributed by atoms with E-state index in [1.165, 1.54) is 7.11 Å². The summed E-state index contributed by atoms with van der Waals surface area (Å²) >= 11 is 3.42. The largest absolute Gasteiger partial charge is 0.468 e. The number of carbonyl (C=O) groups excluding carboxylic acids is 2. The molecule has 1 aromatic rings. The Morgan fingerprint density at radius 3 is 2.56 bits per heavy atom. The summed E-state index contributed by atoms with van der Waals surface area (Å²) in [5.41, 5.74) is 0.778. The van der Waals surface area contributed by atoms with Crippen LogP contribution in [0.4, 0.5) is 0 Å². The predicted octanol–water partition coefficient (Wildman–Crippen LogP) is 2.23. The topological polar surface area (TPSA) is 59.1 Å². The summed E-state index contributed by atoms with van der Waals surface area (Å²) in [6, 6.07) is 6.83. The van der Waals surface area contributed by atoms with Crippen molar-refractivity contribution in [3.63, 3.8) is 0 Å². The van der Waals surface area contributed by atoms with Gasteiger partial charge in [-0.25, -0.2) is 4.79 Å². The molecule has 1 saturated heterocycles. The highest BCUT2D eigenvalue weighted by molar-refractivity contribution is 9.10. The molecule has 1 aliphatic rings. The van der Waals surface area contributed by atoms with E-state index in [0.717, 1.165) is 10.0 Å². The number of likely N-dealkylation sites (N-methyl/N-ethyl adjacent to an activating group) is 1. The minimum atomic E-state index is -0.637. The van der Waals surface area contributed by atoms with Gasteiger partial charge in [0.05, 0.1) is 25.9 Å². The van der Waals surface area contributed by atoms with E-state index in [2.05, 4.69) is 15.9 Å². The Balaban J connectivity index is 2.12. The third kappa shape index (κ3) is 5.26. The summed E-state index contributed by atoms with van der Waals surface area (Å²) in [6.07, 6.45) is 0.0268. The Morgan fingerprint density at radius 2 is 2.00 bits per heavy atom. The second-order valence-corrected chi connectivity index (χ2v) is 7.37. The highest BCUT2D eigenvalue weighted by Gasteiger charge is 2.31. The van der Waals surface area contributed by atoms with Crippen LogP contribution in [0.1, 0.15) is 25.5 Å². The molecule has 0 spiro atoms. The van der Waals surface area contributed by atoms with E-state index in [9.17, 15) is 9.59 Å². The summed E-state index contributed by atoms with van der Waals surface area (Å²) in [6.45, 7) is 5.18. The standard InChI is InChI=1S/C18H25BrN2O4/c1-12-9-21(10-13(2)25-12)16(22)11-20(3)17(18(23)24-4)14-6-5-7-15(19)8-14/h5-8,12-13,17H,9-11H2,1-4H3/t12-,13-,17+/m1/s1. The average Bonchev–Trinajstić information content (AvgIpc) is 2.54. The molecule has 0 radical (unpaired) electrons. The van der Waals surface area contributed by atoms with Crippen molar-refractivity contribution in [1.82, 2.24) is 9.80 Å². The van der Waals surface area contributed by atoms with Crippen LogP contribution in [0.25, 0.3) is 0 Å². The van der Waals surface area contributed by atoms with Crippen LogP contribution in [0.3, 0.4) is 0 Å². The second kappa shape index (κ2) is 8.78. The van der Waals surface area contributed by atoms with Crippen LogP contribution in [-0.2, 0) is 19.1 Å². The molecule has 1 amide bonds. The van der Waals surface area contributed by atoms with E-state index in [0.29, 0.717) is 13.1 Å². The SMILES string of the molecule is COC(=O)[C@H](c1cccc(Br)c1)N(C)CC(=O)N1C[C@@H](C)O[C@H](C)C1. The molecule has 1 heterocycles. The maximum absolute atomic E-state index is 12.7. The van der Waals surface area contributed by atoms with E-state index in [1.807, 2.05) is 38.1 Å². The Kier molecular flexibility index (Phi) is 6.98. The number of halogens is 1. The highest BCUT2D eigenvalue weighted by Crippen LogP contribution is 2.24. The van der Waals surface area contributed by atoms with E-state index < -0.39 is 12.0 Å². The number of amides is 1. The van der Waals surface area contributed by atoms with Gasteiger partial charge in [0.25, 0.3) is 0 Å². The number of ether oxygens (including phenoxy) is 2. The lowest BCUT2D eigenvalue weighted by Gasteiger charge is -2.36. The lowest BCUT2D eigenvalue weighted by molar-refractivity contribution is -0.150. The van der Waals surface area contributed by atoms with Crippen molar-refractivity contribution in [3.8, 4) is 0 Å². The van der Waals surface area contributed by atoms with Crippen LogP contribution in [-0.4, -0.2) is 67.7 Å². The number of hydrogen-bond donors (Lipinski definition) is 0. The maximum atomic E-state index is 12.7. The molecule has 0 N–H and O–H groups in total. The molecule has 0 bridgehead atoms. The number of morpholine rings is 1. The smallest absolute Gasteiger partial charge is 0.327 e. The molecule has 0 unspecified atom stereocenters. The number of methoxy groups -OCH3 is 1. The molecule has 0 saturated carbocycles. The predicted molar refractivity (Wildman–Crippen MR) is 98.1 cm³/mol. The third-order valence-electron chi connectivity index (χ3n) is 4.19. The lowest BCUT2D eigenvalue weighted by Crippen LogP contribution is -2.51. The zero-order valence-electron chi connectivity index (χ0n) is 15.1. The molecular weight excluding hydrogens is 388 g/mol. The molecule has 0 aromatic heterocycles. The number of esters is 1. The van der Waals surface area contributed by atoms with Crippen molar-refractivity contribution in [2.75, 3.05) is 33.8 Å². The first-order valence-corrected chi connectivity index (χ1v) is 9.08. The summed E-state index contributed by atoms with van der Waals surface area (Å²) in [5.74, 6) is -0.412. The summed E-state index contributed by atoms with van der Waals surface area (Å²) < 4.78 is 11.5. The number of nitrogens with zero attached hydrogens (tertiary/aromatic N) is 2. The molecular formula is C18H25BrN2O4. The normalized spacial score (nSPS) is 21.9. The van der Waals surface area contributed by atoms with Crippen molar-refractivity contribution < 1.29 is 19.1 Å². The first kappa shape index (κ1) is 19.9. The van der Waals surface area contributed by atoms with Gasteiger partial charge in [-0.15, -0.1) is 0 Å². The number of rotatable bonds is 5. The molecule has 138 valence electrons. The molecule has 3 atom stereocenters. The summed E-state index contributed by atoms with van der Waals surface area (Å²) in [4.78, 5) is 28.5. The molecule has 6 nitrogen and oxygen atoms in total. The minimum absolute atomic E-state index is 0.0134. The summed E-state index contributed by atoms with van der Waals surface area (Å²) in [7, 11) is 3.11. The van der Waals surface area contributed by atoms with Crippen molar-refractivity contribution in [3.05, 3.63) is 34.3 Å². The highest BCUT2D eigenvalue weighted by atomic mass is 79.9. The van der Waals surface area contributed by atoms with Crippen LogP contribution < -0.4 is 0 Å². The molecule has 1 aliphatic heterocycles. The molecule has 7 heteroatoms. The van der Waals surface area contributed by atoms with Gasteiger partial charge in [0.15, 0.2) is 0 Å². The van der Waals surface area contributed by atoms with Crippen LogP contribution in [0.2, 0.25) is 0 Å². The first-order valence-electron chi connectivity index (χ1n) is 8.28. The molecule has 2 rings (SSSR count). The Hall–Kier alpha value is -1.44. The monoisotopic (exact) mass is 412 g/mol. The zero-order chi connectivity index (χ0) is 18.6. The Bertz CT molecular complexity index is 615. The van der Waals surface area contributed by atoms with Crippen molar-refractivity contribution in [2.24, 2.45) is 0 Å². The van der Waals surface area contributed by atoms with Gasteiger partial charge in [-0.05, 0) is 38.6 Å². The van der Waals surface area contributed by atoms with Crippen molar-refractivity contribution >= 4 is 27.8 Å². The Morgan fingerprint density at radius 1 is 1.36 bits per heavy atom. The van der Waals surface area contributed by atoms with Crippen molar-refractivity contribution in [1.29, 1.82) is 0 Å². The molecule has 1 aromatic carbocycles. The van der Waals surface area contributed by atoms with Gasteiger partial charge in [-0.3, -0.25) is 9.69 Å². The van der Waals surface area contributed by atoms with Crippen LogP contribution in [0.15, 0.2) is 28.7 Å². The van der Waals surface area contributed by atoms with E-state index >= 15 is 0 Å². The van der Waals surface area contributed by atoms with Gasteiger partial charge in [0.1, 0.15) is 6.04 Å². The lowest BCUT2D eigenvalue weighted by atomic mass is 10.1. The zero-order valence-corrected chi connectivity index (χ0v) is 16.7. The van der Waals surface area contributed by atoms with Gasteiger partial charge in [-0.1, -0.05) is 28.1 Å². The van der Waals surface area contributed by atoms with Crippen LogP contribution in [0.5, 0.6) is 0 Å². The fraction of sp³-hybridized carbons (Fsp3) is 0.556. The van der Waals surface area contributed by atoms with E-state index in [-0.39, 0.29) is 24.7 Å². The van der Waals surface area contributed by atoms with E-state index in [4.69, 9.17) is 9.47 Å². The summed E-state index contributed by atoms with van der Waals surface area (Å²) in [5, 5.41) is 0. The number of benzene rings is 1. The third-order valence-corrected chi connectivity index (χ3v) is 4.68. The number of hydrogen-bond acceptors (Lipinski definition) is 5. The number of carbonyl (C=O) groups is 2. The minimum Gasteiger partial charge on any atom is -0.468 e. The second-order valence-electron chi connectivity index (χ2n) is 6.45. The van der Waals surface area contributed by atoms with Gasteiger partial charge < -0.3 is 14.4 Å². The molecule has 25 heavy (non-hydrogen) atoms. The average molecular weight is 413 g/mol. The van der Waals surface area contributed by atoms with Crippen molar-refractivity contribution in [2.45, 2.75) is 32.1 Å². The molecule has 0 aliphatic carbocycles. The van der Waals surface area contributed by atoms with Gasteiger partial charge in [0, 0.05) is 17.6 Å². The van der Waals surface area contributed by atoms with Gasteiger partial charge in [0.2, 0.25) is 5.91 Å². The fourth-order valence-corrected chi connectivity index (χ4v) is 3.56. The first-order chi connectivity index (χ1) is 11.8. The fourth-order valence-electron chi connectivity index (χ4n) is 3.14. The maximum Gasteiger partial charge on any atom is 0.327 e. The quantitative estimate of drug-likeness (QED) is 0.693. The van der Waals surface area contributed by atoms with Gasteiger partial charge >= 0.3 is 5.97 Å². The van der Waals surface area contributed by atoms with Gasteiger partial charge in [-0.2, -0.15) is 0 Å². The van der Waals surface area contributed by atoms with Crippen LogP contribution >= 0.6 is 15.9 Å². The van der Waals surface area contributed by atoms with Crippen LogP contribution in [0, 0.1) is 0 Å². The van der Waals surface area contributed by atoms with E-state index in [1.54, 1.807) is 16.8 Å².